The van der Waals surface area contributed by atoms with Crippen LogP contribution in [-0.4, -0.2) is 49.6 Å². The fourth-order valence-corrected chi connectivity index (χ4v) is 3.07. The second-order valence-electron chi connectivity index (χ2n) is 5.95. The molecular formula is C14H24N2O3. The Morgan fingerprint density at radius 1 is 1.26 bits per heavy atom. The Morgan fingerprint density at radius 3 is 2.58 bits per heavy atom. The third-order valence-corrected chi connectivity index (χ3v) is 3.96. The molecule has 2 aliphatic rings. The van der Waals surface area contributed by atoms with Crippen molar-refractivity contribution in [2.24, 2.45) is 11.8 Å². The molecule has 2 fully saturated rings. The lowest BCUT2D eigenvalue weighted by Crippen LogP contribution is -2.51. The lowest BCUT2D eigenvalue weighted by molar-refractivity contribution is -0.142. The molecular weight excluding hydrogens is 244 g/mol. The van der Waals surface area contributed by atoms with Crippen LogP contribution < -0.4 is 5.32 Å². The Bertz CT molecular complexity index is 342. The molecule has 1 aliphatic carbocycles. The van der Waals surface area contributed by atoms with Crippen LogP contribution in [0.2, 0.25) is 0 Å². The highest BCUT2D eigenvalue weighted by atomic mass is 16.5. The maximum Gasteiger partial charge on any atom is 0.319 e. The SMILES string of the molecule is COC(=O)CN1CC(CC2CC2)CC(NC(C)=O)C1. The van der Waals surface area contributed by atoms with Gasteiger partial charge in [0.2, 0.25) is 5.91 Å². The monoisotopic (exact) mass is 268 g/mol. The van der Waals surface area contributed by atoms with Gasteiger partial charge in [-0.25, -0.2) is 0 Å². The molecule has 0 aromatic carbocycles. The summed E-state index contributed by atoms with van der Waals surface area (Å²) in [5.41, 5.74) is 0. The summed E-state index contributed by atoms with van der Waals surface area (Å²) in [5.74, 6) is 1.27. The van der Waals surface area contributed by atoms with Crippen molar-refractivity contribution >= 4 is 11.9 Å². The van der Waals surface area contributed by atoms with Gasteiger partial charge in [0.05, 0.1) is 13.7 Å². The highest BCUT2D eigenvalue weighted by Gasteiger charge is 2.33. The van der Waals surface area contributed by atoms with E-state index in [0.717, 1.165) is 25.4 Å². The molecule has 1 saturated carbocycles. The van der Waals surface area contributed by atoms with Crippen LogP contribution in [0.1, 0.15) is 32.6 Å². The summed E-state index contributed by atoms with van der Waals surface area (Å²) in [7, 11) is 1.42. The molecule has 0 aromatic heterocycles. The zero-order valence-electron chi connectivity index (χ0n) is 11.9. The minimum atomic E-state index is -0.200. The first-order chi connectivity index (χ1) is 9.06. The molecule has 0 aromatic rings. The highest BCUT2D eigenvalue weighted by molar-refractivity contribution is 5.73. The molecule has 1 amide bonds. The van der Waals surface area contributed by atoms with Gasteiger partial charge in [0.1, 0.15) is 0 Å². The molecule has 2 rings (SSSR count). The largest absolute Gasteiger partial charge is 0.468 e. The van der Waals surface area contributed by atoms with E-state index in [1.807, 2.05) is 0 Å². The van der Waals surface area contributed by atoms with Crippen molar-refractivity contribution in [3.8, 4) is 0 Å². The number of nitrogens with zero attached hydrogens (tertiary/aromatic N) is 1. The van der Waals surface area contributed by atoms with Crippen LogP contribution in [-0.2, 0) is 14.3 Å². The van der Waals surface area contributed by atoms with E-state index in [2.05, 4.69) is 10.2 Å². The molecule has 1 heterocycles. The second kappa shape index (κ2) is 6.37. The maximum absolute atomic E-state index is 11.4. The zero-order valence-corrected chi connectivity index (χ0v) is 11.9. The van der Waals surface area contributed by atoms with Crippen molar-refractivity contribution < 1.29 is 14.3 Å². The van der Waals surface area contributed by atoms with E-state index in [1.54, 1.807) is 6.92 Å². The van der Waals surface area contributed by atoms with Gasteiger partial charge >= 0.3 is 5.97 Å². The maximum atomic E-state index is 11.4. The summed E-state index contributed by atoms with van der Waals surface area (Å²) in [4.78, 5) is 24.7. The van der Waals surface area contributed by atoms with E-state index in [0.29, 0.717) is 12.5 Å². The third-order valence-electron chi connectivity index (χ3n) is 3.96. The van der Waals surface area contributed by atoms with Crippen molar-refractivity contribution in [3.05, 3.63) is 0 Å². The summed E-state index contributed by atoms with van der Waals surface area (Å²) < 4.78 is 4.73. The molecule has 5 heteroatoms. The first-order valence-electron chi connectivity index (χ1n) is 7.13. The summed E-state index contributed by atoms with van der Waals surface area (Å²) in [6.07, 6.45) is 4.96. The molecule has 19 heavy (non-hydrogen) atoms. The van der Waals surface area contributed by atoms with Crippen LogP contribution in [0.4, 0.5) is 0 Å². The molecule has 108 valence electrons. The molecule has 1 N–H and O–H groups in total. The lowest BCUT2D eigenvalue weighted by Gasteiger charge is -2.37. The van der Waals surface area contributed by atoms with Gasteiger partial charge in [-0.2, -0.15) is 0 Å². The number of hydrogen-bond acceptors (Lipinski definition) is 4. The van der Waals surface area contributed by atoms with Gasteiger partial charge in [-0.3, -0.25) is 14.5 Å². The summed E-state index contributed by atoms with van der Waals surface area (Å²) in [5, 5.41) is 2.99. The van der Waals surface area contributed by atoms with Crippen molar-refractivity contribution in [1.82, 2.24) is 10.2 Å². The van der Waals surface area contributed by atoms with Crippen LogP contribution in [0.5, 0.6) is 0 Å². The van der Waals surface area contributed by atoms with Gasteiger partial charge in [-0.15, -0.1) is 0 Å². The second-order valence-corrected chi connectivity index (χ2v) is 5.95. The van der Waals surface area contributed by atoms with Gasteiger partial charge < -0.3 is 10.1 Å². The van der Waals surface area contributed by atoms with E-state index >= 15 is 0 Å². The number of carbonyl (C=O) groups is 2. The van der Waals surface area contributed by atoms with Crippen LogP contribution in [0, 0.1) is 11.8 Å². The number of piperidine rings is 1. The molecule has 0 radical (unpaired) electrons. The Kier molecular flexibility index (Phi) is 4.80. The quantitative estimate of drug-likeness (QED) is 0.749. The number of rotatable bonds is 5. The van der Waals surface area contributed by atoms with Crippen molar-refractivity contribution in [3.63, 3.8) is 0 Å². The number of carbonyl (C=O) groups excluding carboxylic acids is 2. The molecule has 1 saturated heterocycles. The fraction of sp³-hybridized carbons (Fsp3) is 0.857. The van der Waals surface area contributed by atoms with Crippen LogP contribution in [0.3, 0.4) is 0 Å². The fourth-order valence-electron chi connectivity index (χ4n) is 3.07. The molecule has 1 aliphatic heterocycles. The van der Waals surface area contributed by atoms with Gasteiger partial charge in [0.25, 0.3) is 0 Å². The molecule has 0 bridgehead atoms. The molecule has 2 atom stereocenters. The topological polar surface area (TPSA) is 58.6 Å². The van der Waals surface area contributed by atoms with Crippen molar-refractivity contribution in [2.75, 3.05) is 26.7 Å². The normalized spacial score (nSPS) is 27.9. The van der Waals surface area contributed by atoms with Crippen LogP contribution in [0.25, 0.3) is 0 Å². The molecule has 2 unspecified atom stereocenters. The predicted octanol–water partition coefficient (Wildman–Crippen LogP) is 0.786. The van der Waals surface area contributed by atoms with Crippen molar-refractivity contribution in [2.45, 2.75) is 38.6 Å². The Balaban J connectivity index is 1.89. The predicted molar refractivity (Wildman–Crippen MR) is 71.5 cm³/mol. The third kappa shape index (κ3) is 4.82. The minimum Gasteiger partial charge on any atom is -0.468 e. The van der Waals surface area contributed by atoms with E-state index in [4.69, 9.17) is 4.74 Å². The Labute approximate surface area is 114 Å². The number of ether oxygens (including phenoxy) is 1. The Morgan fingerprint density at radius 2 is 2.00 bits per heavy atom. The van der Waals surface area contributed by atoms with Crippen LogP contribution >= 0.6 is 0 Å². The summed E-state index contributed by atoms with van der Waals surface area (Å²) >= 11 is 0. The average molecular weight is 268 g/mol. The molecule has 0 spiro atoms. The van der Waals surface area contributed by atoms with E-state index in [-0.39, 0.29) is 17.9 Å². The standard InChI is InChI=1S/C14H24N2O3/c1-10(17)15-13-6-12(5-11-3-4-11)7-16(8-13)9-14(18)19-2/h11-13H,3-9H2,1-2H3,(H,15,17). The van der Waals surface area contributed by atoms with Gasteiger partial charge in [0, 0.05) is 26.1 Å². The molecule has 5 nitrogen and oxygen atoms in total. The van der Waals surface area contributed by atoms with E-state index in [9.17, 15) is 9.59 Å². The lowest BCUT2D eigenvalue weighted by atomic mass is 9.89. The number of hydrogen-bond donors (Lipinski definition) is 1. The Hall–Kier alpha value is -1.10. The van der Waals surface area contributed by atoms with E-state index < -0.39 is 0 Å². The minimum absolute atomic E-state index is 0.00934. The van der Waals surface area contributed by atoms with Gasteiger partial charge in [-0.1, -0.05) is 12.8 Å². The first kappa shape index (κ1) is 14.3. The van der Waals surface area contributed by atoms with Crippen molar-refractivity contribution in [1.29, 1.82) is 0 Å². The van der Waals surface area contributed by atoms with Gasteiger partial charge in [-0.05, 0) is 24.7 Å². The number of esters is 1. The summed E-state index contributed by atoms with van der Waals surface area (Å²) in [6, 6.07) is 0.166. The zero-order chi connectivity index (χ0) is 13.8. The van der Waals surface area contributed by atoms with Gasteiger partial charge in [0.15, 0.2) is 0 Å². The number of likely N-dealkylation sites (tertiary alicyclic amines) is 1. The smallest absolute Gasteiger partial charge is 0.319 e. The van der Waals surface area contributed by atoms with E-state index in [1.165, 1.54) is 26.4 Å². The number of nitrogens with one attached hydrogen (secondary N) is 1. The highest BCUT2D eigenvalue weighted by Crippen LogP contribution is 2.37. The average Bonchev–Trinajstić information content (AvgIpc) is 3.11. The number of amides is 1. The first-order valence-corrected chi connectivity index (χ1v) is 7.13. The summed E-state index contributed by atoms with van der Waals surface area (Å²) in [6.45, 7) is 3.57. The number of methoxy groups -OCH3 is 1. The van der Waals surface area contributed by atoms with Crippen LogP contribution in [0.15, 0.2) is 0 Å².